The molecule has 0 aliphatic heterocycles. The normalized spacial score (nSPS) is 10.0. The maximum Gasteiger partial charge on any atom is 0.132 e. The van der Waals surface area contributed by atoms with E-state index in [1.165, 1.54) is 6.07 Å². The van der Waals surface area contributed by atoms with Gasteiger partial charge in [-0.1, -0.05) is 35.9 Å². The fourth-order valence-corrected chi connectivity index (χ4v) is 2.04. The first-order valence-corrected chi connectivity index (χ1v) is 5.47. The highest BCUT2D eigenvalue weighted by molar-refractivity contribution is 6.33. The molecular weight excluding hydrogens is 237 g/mol. The van der Waals surface area contributed by atoms with Crippen molar-refractivity contribution in [1.29, 1.82) is 5.26 Å². The topological polar surface area (TPSA) is 23.8 Å². The number of rotatable bonds is 1. The van der Waals surface area contributed by atoms with Gasteiger partial charge in [0.2, 0.25) is 0 Å². The minimum Gasteiger partial charge on any atom is -0.206 e. The molecule has 0 unspecified atom stereocenters. The van der Waals surface area contributed by atoms with Gasteiger partial charge >= 0.3 is 0 Å². The van der Waals surface area contributed by atoms with E-state index in [2.05, 4.69) is 6.07 Å². The molecule has 0 saturated heterocycles. The molecule has 2 rings (SSSR count). The van der Waals surface area contributed by atoms with Crippen LogP contribution in [0, 0.1) is 24.1 Å². The number of aryl methyl sites for hydroxylation is 1. The molecule has 0 aromatic heterocycles. The fourth-order valence-electron chi connectivity index (χ4n) is 1.78. The lowest BCUT2D eigenvalue weighted by Gasteiger charge is -2.09. The van der Waals surface area contributed by atoms with Crippen molar-refractivity contribution in [1.82, 2.24) is 0 Å². The van der Waals surface area contributed by atoms with Gasteiger partial charge in [0, 0.05) is 11.1 Å². The van der Waals surface area contributed by atoms with E-state index in [9.17, 15) is 4.39 Å². The Bertz CT molecular complexity index is 594. The molecule has 1 nitrogen and oxygen atoms in total. The van der Waals surface area contributed by atoms with Crippen LogP contribution < -0.4 is 0 Å². The van der Waals surface area contributed by atoms with Gasteiger partial charge in [0.15, 0.2) is 0 Å². The Labute approximate surface area is 104 Å². The number of nitriles is 1. The van der Waals surface area contributed by atoms with Crippen LogP contribution in [-0.2, 0) is 0 Å². The molecule has 2 aromatic rings. The van der Waals surface area contributed by atoms with Crippen LogP contribution in [0.2, 0.25) is 5.02 Å². The average Bonchev–Trinajstić information content (AvgIpc) is 2.29. The highest BCUT2D eigenvalue weighted by Crippen LogP contribution is 2.33. The van der Waals surface area contributed by atoms with Gasteiger partial charge in [0.25, 0.3) is 0 Å². The molecule has 0 aliphatic rings. The molecule has 0 N–H and O–H groups in total. The van der Waals surface area contributed by atoms with E-state index in [1.807, 2.05) is 13.0 Å². The Kier molecular flexibility index (Phi) is 3.12. The molecule has 0 heterocycles. The Morgan fingerprint density at radius 3 is 2.53 bits per heavy atom. The van der Waals surface area contributed by atoms with Crippen LogP contribution in [0.15, 0.2) is 36.4 Å². The van der Waals surface area contributed by atoms with Gasteiger partial charge in [0.1, 0.15) is 11.9 Å². The second kappa shape index (κ2) is 4.57. The standard InChI is InChI=1S/C14H9ClFN/c1-9-4-2-5-10(11(9)8-17)14-12(15)6-3-7-13(14)16/h2-7H,1H3. The Morgan fingerprint density at radius 2 is 1.88 bits per heavy atom. The highest BCUT2D eigenvalue weighted by atomic mass is 35.5. The minimum absolute atomic E-state index is 0.286. The molecule has 0 spiro atoms. The van der Waals surface area contributed by atoms with Crippen LogP contribution in [-0.4, -0.2) is 0 Å². The first-order valence-electron chi connectivity index (χ1n) is 5.09. The summed E-state index contributed by atoms with van der Waals surface area (Å²) in [6, 6.07) is 11.9. The molecule has 0 amide bonds. The summed E-state index contributed by atoms with van der Waals surface area (Å²) in [6.07, 6.45) is 0. The summed E-state index contributed by atoms with van der Waals surface area (Å²) < 4.78 is 13.8. The number of hydrogen-bond acceptors (Lipinski definition) is 1. The Hall–Kier alpha value is -1.85. The van der Waals surface area contributed by atoms with Crippen LogP contribution in [0.1, 0.15) is 11.1 Å². The molecule has 0 bridgehead atoms. The van der Waals surface area contributed by atoms with Crippen molar-refractivity contribution in [2.24, 2.45) is 0 Å². The van der Waals surface area contributed by atoms with Gasteiger partial charge in [0.05, 0.1) is 10.6 Å². The molecule has 0 aliphatic carbocycles. The molecule has 3 heteroatoms. The van der Waals surface area contributed by atoms with E-state index in [0.717, 1.165) is 5.56 Å². The minimum atomic E-state index is -0.417. The molecule has 0 fully saturated rings. The van der Waals surface area contributed by atoms with Crippen LogP contribution in [0.4, 0.5) is 4.39 Å². The molecule has 84 valence electrons. The maximum atomic E-state index is 13.8. The third-order valence-electron chi connectivity index (χ3n) is 2.62. The second-order valence-corrected chi connectivity index (χ2v) is 4.11. The average molecular weight is 246 g/mol. The molecular formula is C14H9ClFN. The summed E-state index contributed by atoms with van der Waals surface area (Å²) in [6.45, 7) is 1.82. The first kappa shape index (κ1) is 11.6. The number of nitrogens with zero attached hydrogens (tertiary/aromatic N) is 1. The monoisotopic (exact) mass is 245 g/mol. The number of halogens is 2. The maximum absolute atomic E-state index is 13.8. The predicted molar refractivity (Wildman–Crippen MR) is 66.3 cm³/mol. The molecule has 0 saturated carbocycles. The Balaban J connectivity index is 2.79. The SMILES string of the molecule is Cc1cccc(-c2c(F)cccc2Cl)c1C#N. The summed E-state index contributed by atoms with van der Waals surface area (Å²) >= 11 is 6.00. The zero-order chi connectivity index (χ0) is 12.4. The van der Waals surface area contributed by atoms with Crippen molar-refractivity contribution in [3.8, 4) is 17.2 Å². The predicted octanol–water partition coefficient (Wildman–Crippen LogP) is 4.33. The molecule has 17 heavy (non-hydrogen) atoms. The smallest absolute Gasteiger partial charge is 0.132 e. The fraction of sp³-hybridized carbons (Fsp3) is 0.0714. The molecule has 2 aromatic carbocycles. The van der Waals surface area contributed by atoms with Gasteiger partial charge in [-0.3, -0.25) is 0 Å². The largest absolute Gasteiger partial charge is 0.206 e. The number of benzene rings is 2. The van der Waals surface area contributed by atoms with Crippen LogP contribution in [0.5, 0.6) is 0 Å². The summed E-state index contributed by atoms with van der Waals surface area (Å²) in [5.41, 5.74) is 2.09. The second-order valence-electron chi connectivity index (χ2n) is 3.71. The Morgan fingerprint density at radius 1 is 1.18 bits per heavy atom. The highest BCUT2D eigenvalue weighted by Gasteiger charge is 2.14. The lowest BCUT2D eigenvalue weighted by Crippen LogP contribution is -1.92. The van der Waals surface area contributed by atoms with E-state index in [4.69, 9.17) is 16.9 Å². The van der Waals surface area contributed by atoms with E-state index in [0.29, 0.717) is 16.1 Å². The summed E-state index contributed by atoms with van der Waals surface area (Å²) in [4.78, 5) is 0. The van der Waals surface area contributed by atoms with Gasteiger partial charge in [-0.15, -0.1) is 0 Å². The van der Waals surface area contributed by atoms with E-state index >= 15 is 0 Å². The molecule has 0 radical (unpaired) electrons. The van der Waals surface area contributed by atoms with Crippen LogP contribution >= 0.6 is 11.6 Å². The third kappa shape index (κ3) is 2.02. The van der Waals surface area contributed by atoms with Crippen molar-refractivity contribution < 1.29 is 4.39 Å². The van der Waals surface area contributed by atoms with Crippen molar-refractivity contribution in [3.05, 3.63) is 58.4 Å². The van der Waals surface area contributed by atoms with Crippen LogP contribution in [0.25, 0.3) is 11.1 Å². The zero-order valence-electron chi connectivity index (χ0n) is 9.17. The van der Waals surface area contributed by atoms with Gasteiger partial charge < -0.3 is 0 Å². The van der Waals surface area contributed by atoms with Crippen LogP contribution in [0.3, 0.4) is 0 Å². The molecule has 0 atom stereocenters. The van der Waals surface area contributed by atoms with Crippen molar-refractivity contribution in [2.45, 2.75) is 6.92 Å². The lowest BCUT2D eigenvalue weighted by molar-refractivity contribution is 0.631. The van der Waals surface area contributed by atoms with Crippen molar-refractivity contribution in [3.63, 3.8) is 0 Å². The summed E-state index contributed by atoms with van der Waals surface area (Å²) in [7, 11) is 0. The summed E-state index contributed by atoms with van der Waals surface area (Å²) in [5, 5.41) is 9.44. The third-order valence-corrected chi connectivity index (χ3v) is 2.93. The zero-order valence-corrected chi connectivity index (χ0v) is 9.92. The first-order chi connectivity index (χ1) is 8.15. The van der Waals surface area contributed by atoms with E-state index < -0.39 is 5.82 Å². The lowest BCUT2D eigenvalue weighted by atomic mass is 9.96. The quantitative estimate of drug-likeness (QED) is 0.734. The van der Waals surface area contributed by atoms with Gasteiger partial charge in [-0.2, -0.15) is 5.26 Å². The van der Waals surface area contributed by atoms with Crippen molar-refractivity contribution in [2.75, 3.05) is 0 Å². The van der Waals surface area contributed by atoms with Crippen molar-refractivity contribution >= 4 is 11.6 Å². The number of hydrogen-bond donors (Lipinski definition) is 0. The van der Waals surface area contributed by atoms with E-state index in [-0.39, 0.29) is 5.56 Å². The van der Waals surface area contributed by atoms with Gasteiger partial charge in [-0.25, -0.2) is 4.39 Å². The summed E-state index contributed by atoms with van der Waals surface area (Å²) in [5.74, 6) is -0.417. The van der Waals surface area contributed by atoms with Gasteiger partial charge in [-0.05, 0) is 24.6 Å². The van der Waals surface area contributed by atoms with E-state index in [1.54, 1.807) is 24.3 Å².